The highest BCUT2D eigenvalue weighted by molar-refractivity contribution is 4.70. The van der Waals surface area contributed by atoms with Gasteiger partial charge in [0.15, 0.2) is 0 Å². The van der Waals surface area contributed by atoms with Gasteiger partial charge in [-0.05, 0) is 19.8 Å². The van der Waals surface area contributed by atoms with Crippen LogP contribution in [-0.4, -0.2) is 25.3 Å². The van der Waals surface area contributed by atoms with Gasteiger partial charge >= 0.3 is 0 Å². The van der Waals surface area contributed by atoms with Crippen molar-refractivity contribution in [3.63, 3.8) is 0 Å². The molecular formula is C10H23NO. The topological polar surface area (TPSA) is 21.3 Å². The monoisotopic (exact) mass is 173 g/mol. The molecule has 0 spiro atoms. The first-order chi connectivity index (χ1) is 5.60. The zero-order chi connectivity index (χ0) is 9.56. The zero-order valence-electron chi connectivity index (χ0n) is 9.05. The molecule has 0 aromatic rings. The van der Waals surface area contributed by atoms with E-state index in [1.165, 1.54) is 6.42 Å². The molecule has 0 bridgehead atoms. The quantitative estimate of drug-likeness (QED) is 0.665. The molecule has 2 unspecified atom stereocenters. The molecule has 0 rings (SSSR count). The van der Waals surface area contributed by atoms with E-state index in [-0.39, 0.29) is 0 Å². The Hall–Kier alpha value is -0.0800. The summed E-state index contributed by atoms with van der Waals surface area (Å²) < 4.78 is 5.22. The van der Waals surface area contributed by atoms with Crippen molar-refractivity contribution in [1.82, 2.24) is 5.32 Å². The standard InChI is InChI=1S/C10H23NO/c1-6-10(11-8(2)3)7-9(4)12-5/h8-11H,6-7H2,1-5H3. The minimum atomic E-state index is 0.362. The molecule has 2 nitrogen and oxygen atoms in total. The maximum absolute atomic E-state index is 5.22. The summed E-state index contributed by atoms with van der Waals surface area (Å²) in [6, 6.07) is 1.17. The Bertz CT molecular complexity index is 104. The van der Waals surface area contributed by atoms with Crippen molar-refractivity contribution in [1.29, 1.82) is 0 Å². The van der Waals surface area contributed by atoms with Gasteiger partial charge < -0.3 is 10.1 Å². The molecule has 0 aromatic carbocycles. The highest BCUT2D eigenvalue weighted by atomic mass is 16.5. The number of hydrogen-bond acceptors (Lipinski definition) is 2. The molecule has 0 fully saturated rings. The van der Waals surface area contributed by atoms with E-state index in [2.05, 4.69) is 33.0 Å². The van der Waals surface area contributed by atoms with Crippen molar-refractivity contribution >= 4 is 0 Å². The third-order valence-electron chi connectivity index (χ3n) is 2.08. The van der Waals surface area contributed by atoms with Gasteiger partial charge in [0.25, 0.3) is 0 Å². The van der Waals surface area contributed by atoms with Crippen molar-refractivity contribution in [3.8, 4) is 0 Å². The van der Waals surface area contributed by atoms with Gasteiger partial charge in [-0.1, -0.05) is 20.8 Å². The fourth-order valence-electron chi connectivity index (χ4n) is 1.32. The van der Waals surface area contributed by atoms with Gasteiger partial charge in [0.05, 0.1) is 6.10 Å². The van der Waals surface area contributed by atoms with Crippen molar-refractivity contribution in [2.45, 2.75) is 58.7 Å². The summed E-state index contributed by atoms with van der Waals surface area (Å²) in [5.74, 6) is 0. The van der Waals surface area contributed by atoms with Crippen LogP contribution in [0.25, 0.3) is 0 Å². The van der Waals surface area contributed by atoms with Gasteiger partial charge in [0.2, 0.25) is 0 Å². The van der Waals surface area contributed by atoms with Crippen LogP contribution < -0.4 is 5.32 Å². The van der Waals surface area contributed by atoms with E-state index in [0.717, 1.165) is 6.42 Å². The van der Waals surface area contributed by atoms with Gasteiger partial charge in [-0.25, -0.2) is 0 Å². The average molecular weight is 173 g/mol. The Morgan fingerprint density at radius 2 is 1.83 bits per heavy atom. The Labute approximate surface area is 76.7 Å². The molecular weight excluding hydrogens is 150 g/mol. The summed E-state index contributed by atoms with van der Waals surface area (Å²) >= 11 is 0. The molecule has 74 valence electrons. The predicted octanol–water partition coefficient (Wildman–Crippen LogP) is 2.19. The first-order valence-electron chi connectivity index (χ1n) is 4.89. The first-order valence-corrected chi connectivity index (χ1v) is 4.89. The van der Waals surface area contributed by atoms with E-state index in [1.54, 1.807) is 7.11 Å². The van der Waals surface area contributed by atoms with E-state index >= 15 is 0 Å². The van der Waals surface area contributed by atoms with Gasteiger partial charge in [0, 0.05) is 19.2 Å². The summed E-state index contributed by atoms with van der Waals surface area (Å²) in [5.41, 5.74) is 0. The fraction of sp³-hybridized carbons (Fsp3) is 1.00. The molecule has 0 aliphatic heterocycles. The Morgan fingerprint density at radius 3 is 2.17 bits per heavy atom. The largest absolute Gasteiger partial charge is 0.382 e. The van der Waals surface area contributed by atoms with E-state index in [4.69, 9.17) is 4.74 Å². The fourth-order valence-corrected chi connectivity index (χ4v) is 1.32. The summed E-state index contributed by atoms with van der Waals surface area (Å²) in [6.07, 6.45) is 2.64. The average Bonchev–Trinajstić information content (AvgIpc) is 2.02. The number of nitrogens with one attached hydrogen (secondary N) is 1. The Morgan fingerprint density at radius 1 is 1.25 bits per heavy atom. The lowest BCUT2D eigenvalue weighted by atomic mass is 10.1. The molecule has 0 saturated heterocycles. The Kier molecular flexibility index (Phi) is 6.39. The molecule has 0 heterocycles. The first kappa shape index (κ1) is 11.9. The second-order valence-corrected chi connectivity index (χ2v) is 3.71. The van der Waals surface area contributed by atoms with E-state index < -0.39 is 0 Å². The van der Waals surface area contributed by atoms with Crippen molar-refractivity contribution < 1.29 is 4.74 Å². The lowest BCUT2D eigenvalue weighted by molar-refractivity contribution is 0.0988. The van der Waals surface area contributed by atoms with Crippen molar-refractivity contribution in [2.24, 2.45) is 0 Å². The van der Waals surface area contributed by atoms with Gasteiger partial charge in [-0.3, -0.25) is 0 Å². The normalized spacial score (nSPS) is 16.5. The van der Waals surface area contributed by atoms with Crippen LogP contribution in [0, 0.1) is 0 Å². The second-order valence-electron chi connectivity index (χ2n) is 3.71. The maximum Gasteiger partial charge on any atom is 0.0558 e. The van der Waals surface area contributed by atoms with Crippen molar-refractivity contribution in [3.05, 3.63) is 0 Å². The second kappa shape index (κ2) is 6.44. The molecule has 12 heavy (non-hydrogen) atoms. The molecule has 0 amide bonds. The lowest BCUT2D eigenvalue weighted by Crippen LogP contribution is -2.36. The molecule has 0 aliphatic rings. The van der Waals surface area contributed by atoms with Crippen LogP contribution in [0.2, 0.25) is 0 Å². The summed E-state index contributed by atoms with van der Waals surface area (Å²) in [7, 11) is 1.77. The summed E-state index contributed by atoms with van der Waals surface area (Å²) in [4.78, 5) is 0. The zero-order valence-corrected chi connectivity index (χ0v) is 9.05. The molecule has 0 saturated carbocycles. The highest BCUT2D eigenvalue weighted by Gasteiger charge is 2.10. The van der Waals surface area contributed by atoms with Crippen LogP contribution in [0.3, 0.4) is 0 Å². The minimum absolute atomic E-state index is 0.362. The van der Waals surface area contributed by atoms with Gasteiger partial charge in [-0.15, -0.1) is 0 Å². The van der Waals surface area contributed by atoms with Crippen LogP contribution >= 0.6 is 0 Å². The number of ether oxygens (including phenoxy) is 1. The molecule has 0 radical (unpaired) electrons. The van der Waals surface area contributed by atoms with Gasteiger partial charge in [0.1, 0.15) is 0 Å². The summed E-state index contributed by atoms with van der Waals surface area (Å²) in [5, 5.41) is 3.51. The van der Waals surface area contributed by atoms with E-state index in [9.17, 15) is 0 Å². The maximum atomic E-state index is 5.22. The third kappa shape index (κ3) is 5.56. The lowest BCUT2D eigenvalue weighted by Gasteiger charge is -2.22. The number of hydrogen-bond donors (Lipinski definition) is 1. The highest BCUT2D eigenvalue weighted by Crippen LogP contribution is 2.05. The molecule has 2 atom stereocenters. The van der Waals surface area contributed by atoms with Crippen LogP contribution in [0.4, 0.5) is 0 Å². The van der Waals surface area contributed by atoms with Gasteiger partial charge in [-0.2, -0.15) is 0 Å². The van der Waals surface area contributed by atoms with Crippen LogP contribution in [0.1, 0.15) is 40.5 Å². The Balaban J connectivity index is 3.66. The molecule has 1 N–H and O–H groups in total. The van der Waals surface area contributed by atoms with Crippen molar-refractivity contribution in [2.75, 3.05) is 7.11 Å². The van der Waals surface area contributed by atoms with Crippen LogP contribution in [0.15, 0.2) is 0 Å². The number of methoxy groups -OCH3 is 1. The van der Waals surface area contributed by atoms with Crippen LogP contribution in [0.5, 0.6) is 0 Å². The third-order valence-corrected chi connectivity index (χ3v) is 2.08. The molecule has 0 aliphatic carbocycles. The SMILES string of the molecule is CCC(CC(C)OC)NC(C)C. The smallest absolute Gasteiger partial charge is 0.0558 e. The number of rotatable bonds is 6. The van der Waals surface area contributed by atoms with E-state index in [0.29, 0.717) is 18.2 Å². The van der Waals surface area contributed by atoms with Crippen LogP contribution in [-0.2, 0) is 4.74 Å². The van der Waals surface area contributed by atoms with E-state index in [1.807, 2.05) is 0 Å². The minimum Gasteiger partial charge on any atom is -0.382 e. The summed E-state index contributed by atoms with van der Waals surface area (Å²) in [6.45, 7) is 8.69. The molecule has 0 aromatic heterocycles. The predicted molar refractivity (Wildman–Crippen MR) is 53.4 cm³/mol. The molecule has 2 heteroatoms.